The number of rotatable bonds is 10. The first-order valence-electron chi connectivity index (χ1n) is 10.1. The standard InChI is InChI=1S/C17H21N9O6S3/c1-32-23-9(7-4-33-15(18)19-7)11(28)20-10-12(29)26-5-17(14(30)31,6-34-13(10)26)8(2-3-27)35-16-21-24-25-22-16/h4,8,10,13,27H,2-3,5-6H2,1H3,(H2,18,19)(H,20,28)(H,30,31)(H,21,22,24,25)/t8?,10?,13-,17?/m1/s1. The molecule has 0 spiro atoms. The average Bonchev–Trinajstić information content (AvgIpc) is 3.51. The highest BCUT2D eigenvalue weighted by Gasteiger charge is 2.60. The number of β-lactam (4-membered cyclic amide) rings is 1. The van der Waals surface area contributed by atoms with E-state index >= 15 is 0 Å². The Kier molecular flexibility index (Phi) is 7.43. The van der Waals surface area contributed by atoms with Crippen molar-refractivity contribution in [2.45, 2.75) is 28.2 Å². The topological polar surface area (TPSA) is 222 Å². The second-order valence-corrected chi connectivity index (χ2v) is 10.8. The van der Waals surface area contributed by atoms with Crippen molar-refractivity contribution >= 4 is 63.5 Å². The van der Waals surface area contributed by atoms with E-state index in [0.29, 0.717) is 5.16 Å². The molecule has 2 aliphatic heterocycles. The van der Waals surface area contributed by atoms with Gasteiger partial charge in [0.2, 0.25) is 11.1 Å². The molecule has 18 heteroatoms. The summed E-state index contributed by atoms with van der Waals surface area (Å²) < 4.78 is 0. The fraction of sp³-hybridized carbons (Fsp3) is 0.529. The van der Waals surface area contributed by atoms with Gasteiger partial charge >= 0.3 is 5.97 Å². The molecule has 2 aliphatic rings. The largest absolute Gasteiger partial charge is 0.481 e. The third-order valence-electron chi connectivity index (χ3n) is 5.57. The minimum atomic E-state index is -1.37. The van der Waals surface area contributed by atoms with Crippen molar-refractivity contribution in [1.29, 1.82) is 0 Å². The number of nitrogens with two attached hydrogens (primary N) is 1. The van der Waals surface area contributed by atoms with Crippen LogP contribution in [-0.4, -0.2) is 107 Å². The Bertz CT molecular complexity index is 1130. The first kappa shape index (κ1) is 25.1. The Morgan fingerprint density at radius 3 is 2.94 bits per heavy atom. The zero-order chi connectivity index (χ0) is 25.2. The van der Waals surface area contributed by atoms with E-state index in [2.05, 4.69) is 36.1 Å². The molecule has 4 rings (SSSR count). The molecule has 6 N–H and O–H groups in total. The molecule has 2 aromatic heterocycles. The fourth-order valence-electron chi connectivity index (χ4n) is 3.86. The van der Waals surface area contributed by atoms with Gasteiger partial charge < -0.3 is 31.0 Å². The Hall–Kier alpha value is -2.96. The molecule has 4 atom stereocenters. The van der Waals surface area contributed by atoms with Gasteiger partial charge in [-0.05, 0) is 16.8 Å². The number of hydrogen-bond acceptors (Lipinski definition) is 14. The summed E-state index contributed by atoms with van der Waals surface area (Å²) in [6.45, 7) is -0.343. The van der Waals surface area contributed by atoms with Crippen molar-refractivity contribution in [2.75, 3.05) is 31.7 Å². The lowest BCUT2D eigenvalue weighted by molar-refractivity contribution is -0.158. The van der Waals surface area contributed by atoms with Crippen LogP contribution in [0.2, 0.25) is 0 Å². The van der Waals surface area contributed by atoms with Crippen molar-refractivity contribution in [2.24, 2.45) is 10.6 Å². The lowest BCUT2D eigenvalue weighted by atomic mass is 9.82. The van der Waals surface area contributed by atoms with Gasteiger partial charge in [0.1, 0.15) is 29.6 Å². The lowest BCUT2D eigenvalue weighted by Crippen LogP contribution is -2.75. The van der Waals surface area contributed by atoms with Crippen LogP contribution in [0.25, 0.3) is 0 Å². The highest BCUT2D eigenvalue weighted by Crippen LogP contribution is 2.48. The summed E-state index contributed by atoms with van der Waals surface area (Å²) in [5.41, 5.74) is 4.35. The van der Waals surface area contributed by atoms with Gasteiger partial charge in [-0.25, -0.2) is 10.1 Å². The number of thioether (sulfide) groups is 2. The molecule has 2 aromatic rings. The number of anilines is 1. The summed E-state index contributed by atoms with van der Waals surface area (Å²) in [5, 5.41) is 40.5. The van der Waals surface area contributed by atoms with Crippen molar-refractivity contribution in [3.63, 3.8) is 0 Å². The van der Waals surface area contributed by atoms with E-state index < -0.39 is 39.9 Å². The number of aromatic amines is 1. The molecule has 188 valence electrons. The molecule has 0 radical (unpaired) electrons. The van der Waals surface area contributed by atoms with Crippen molar-refractivity contribution < 1.29 is 29.4 Å². The van der Waals surface area contributed by atoms with Gasteiger partial charge in [0.05, 0.1) is 0 Å². The first-order chi connectivity index (χ1) is 16.8. The predicted molar refractivity (Wildman–Crippen MR) is 126 cm³/mol. The lowest BCUT2D eigenvalue weighted by Gasteiger charge is -2.55. The number of oxime groups is 1. The second kappa shape index (κ2) is 10.3. The number of hydrogen-bond donors (Lipinski definition) is 5. The Morgan fingerprint density at radius 2 is 2.34 bits per heavy atom. The fourth-order valence-corrected chi connectivity index (χ4v) is 7.29. The Morgan fingerprint density at radius 1 is 1.54 bits per heavy atom. The summed E-state index contributed by atoms with van der Waals surface area (Å²) in [5.74, 6) is -2.05. The van der Waals surface area contributed by atoms with E-state index in [0.717, 1.165) is 23.1 Å². The minimum Gasteiger partial charge on any atom is -0.481 e. The number of carbonyl (C=O) groups excluding carboxylic acids is 2. The Labute approximate surface area is 210 Å². The maximum Gasteiger partial charge on any atom is 0.313 e. The number of aromatic nitrogens is 5. The van der Waals surface area contributed by atoms with Gasteiger partial charge in [0.15, 0.2) is 10.8 Å². The van der Waals surface area contributed by atoms with Crippen LogP contribution in [0.1, 0.15) is 12.1 Å². The number of fused-ring (bicyclic) bond motifs is 1. The molecule has 2 saturated heterocycles. The summed E-state index contributed by atoms with van der Waals surface area (Å²) in [4.78, 5) is 48.5. The van der Waals surface area contributed by atoms with Crippen LogP contribution in [0, 0.1) is 5.41 Å². The van der Waals surface area contributed by atoms with Gasteiger partial charge in [-0.1, -0.05) is 16.9 Å². The quantitative estimate of drug-likeness (QED) is 0.101. The zero-order valence-corrected chi connectivity index (χ0v) is 20.6. The maximum absolute atomic E-state index is 13.0. The molecular formula is C17H21N9O6S3. The van der Waals surface area contributed by atoms with E-state index in [1.807, 2.05) is 0 Å². The summed E-state index contributed by atoms with van der Waals surface area (Å²) >= 11 is 3.47. The van der Waals surface area contributed by atoms with Crippen LogP contribution in [-0.2, 0) is 19.2 Å². The number of nitrogen functional groups attached to an aromatic ring is 1. The van der Waals surface area contributed by atoms with Gasteiger partial charge in [0, 0.05) is 29.5 Å². The minimum absolute atomic E-state index is 0.0912. The third-order valence-corrected chi connectivity index (χ3v) is 9.16. The number of nitrogens with one attached hydrogen (secondary N) is 2. The maximum atomic E-state index is 13.0. The molecule has 2 fully saturated rings. The molecule has 0 aliphatic carbocycles. The van der Waals surface area contributed by atoms with Crippen molar-refractivity contribution in [1.82, 2.24) is 35.8 Å². The van der Waals surface area contributed by atoms with Crippen LogP contribution in [0.15, 0.2) is 15.7 Å². The number of H-pyrrole nitrogens is 1. The number of tetrazole rings is 1. The van der Waals surface area contributed by atoms with Crippen LogP contribution in [0.4, 0.5) is 5.13 Å². The number of aliphatic hydroxyl groups is 1. The first-order valence-corrected chi connectivity index (χ1v) is 12.9. The molecular weight excluding hydrogens is 522 g/mol. The highest BCUT2D eigenvalue weighted by atomic mass is 32.2. The summed E-state index contributed by atoms with van der Waals surface area (Å²) in [6.07, 6.45) is 0.151. The molecule has 0 bridgehead atoms. The van der Waals surface area contributed by atoms with E-state index in [1.54, 1.807) is 5.38 Å². The van der Waals surface area contributed by atoms with E-state index in [1.165, 1.54) is 23.8 Å². The molecule has 35 heavy (non-hydrogen) atoms. The van der Waals surface area contributed by atoms with Crippen LogP contribution in [0.3, 0.4) is 0 Å². The third kappa shape index (κ3) is 4.78. The molecule has 15 nitrogen and oxygen atoms in total. The number of nitrogens with zero attached hydrogens (tertiary/aromatic N) is 6. The van der Waals surface area contributed by atoms with Crippen LogP contribution >= 0.6 is 34.9 Å². The monoisotopic (exact) mass is 543 g/mol. The van der Waals surface area contributed by atoms with Gasteiger partial charge in [-0.2, -0.15) is 0 Å². The van der Waals surface area contributed by atoms with Gasteiger partial charge in [-0.15, -0.1) is 28.2 Å². The van der Waals surface area contributed by atoms with Crippen LogP contribution < -0.4 is 11.1 Å². The number of amides is 2. The number of aliphatic hydroxyl groups excluding tert-OH is 1. The average molecular weight is 544 g/mol. The van der Waals surface area contributed by atoms with E-state index in [-0.39, 0.29) is 41.9 Å². The van der Waals surface area contributed by atoms with Gasteiger partial charge in [0.25, 0.3) is 5.91 Å². The van der Waals surface area contributed by atoms with E-state index in [4.69, 9.17) is 10.6 Å². The van der Waals surface area contributed by atoms with E-state index in [9.17, 15) is 24.6 Å². The molecule has 4 heterocycles. The molecule has 3 unspecified atom stereocenters. The van der Waals surface area contributed by atoms with Gasteiger partial charge in [-0.3, -0.25) is 14.4 Å². The number of carbonyl (C=O) groups is 3. The summed E-state index contributed by atoms with van der Waals surface area (Å²) in [7, 11) is 1.28. The van der Waals surface area contributed by atoms with Crippen molar-refractivity contribution in [3.8, 4) is 0 Å². The number of carboxylic acids is 1. The predicted octanol–water partition coefficient (Wildman–Crippen LogP) is -1.40. The second-order valence-electron chi connectivity index (χ2n) is 7.60. The van der Waals surface area contributed by atoms with Crippen molar-refractivity contribution in [3.05, 3.63) is 11.1 Å². The Balaban J connectivity index is 1.49. The normalized spacial score (nSPS) is 24.9. The molecule has 0 saturated carbocycles. The number of thiazole rings is 1. The highest BCUT2D eigenvalue weighted by molar-refractivity contribution is 8.01. The summed E-state index contributed by atoms with van der Waals surface area (Å²) in [6, 6.07) is -0.875. The molecule has 2 amide bonds. The number of aliphatic carboxylic acids is 1. The van der Waals surface area contributed by atoms with Crippen LogP contribution in [0.5, 0.6) is 0 Å². The zero-order valence-electron chi connectivity index (χ0n) is 18.2. The molecule has 0 aromatic carbocycles. The number of carboxylic acid groups (broad SMARTS) is 1. The SMILES string of the molecule is CON=C(C(=O)NC1C(=O)N2CC(C(=O)O)(C(CCO)Sc3nnn[nH]3)CS[C@H]12)c1csc(N)n1. The smallest absolute Gasteiger partial charge is 0.313 e.